The molecule has 0 aromatic heterocycles. The Balaban J connectivity index is 2.07. The van der Waals surface area contributed by atoms with Crippen LogP contribution in [0.3, 0.4) is 0 Å². The van der Waals surface area contributed by atoms with Gasteiger partial charge in [-0.3, -0.25) is 4.79 Å². The van der Waals surface area contributed by atoms with Crippen molar-refractivity contribution < 1.29 is 9.53 Å². The zero-order valence-corrected chi connectivity index (χ0v) is 10.6. The van der Waals surface area contributed by atoms with Crippen LogP contribution in [0.5, 0.6) is 5.75 Å². The van der Waals surface area contributed by atoms with E-state index in [-0.39, 0.29) is 11.8 Å². The zero-order valence-electron chi connectivity index (χ0n) is 10.6. The highest BCUT2D eigenvalue weighted by Gasteiger charge is 2.23. The molecular weight excluding hydrogens is 230 g/mol. The van der Waals surface area contributed by atoms with Gasteiger partial charge in [0.1, 0.15) is 5.75 Å². The highest BCUT2D eigenvalue weighted by atomic mass is 16.5. The first-order valence-electron chi connectivity index (χ1n) is 6.09. The number of carbonyl (C=O) groups excluding carboxylic acids is 1. The molecule has 1 aliphatic rings. The maximum Gasteiger partial charge on any atom is 0.220 e. The number of amides is 1. The van der Waals surface area contributed by atoms with Gasteiger partial charge in [-0.25, -0.2) is 0 Å². The van der Waals surface area contributed by atoms with Crippen LogP contribution in [0.15, 0.2) is 18.2 Å². The molecule has 5 heteroatoms. The fourth-order valence-electron chi connectivity index (χ4n) is 2.32. The van der Waals surface area contributed by atoms with Crippen LogP contribution in [0, 0.1) is 5.92 Å². The maximum absolute atomic E-state index is 11.1. The number of methoxy groups -OCH3 is 1. The van der Waals surface area contributed by atoms with Crippen molar-refractivity contribution in [2.45, 2.75) is 12.8 Å². The molecule has 18 heavy (non-hydrogen) atoms. The van der Waals surface area contributed by atoms with Crippen molar-refractivity contribution in [3.63, 3.8) is 0 Å². The van der Waals surface area contributed by atoms with Crippen molar-refractivity contribution >= 4 is 17.3 Å². The van der Waals surface area contributed by atoms with E-state index in [1.54, 1.807) is 7.11 Å². The van der Waals surface area contributed by atoms with Crippen LogP contribution in [0.1, 0.15) is 12.8 Å². The fraction of sp³-hybridized carbons (Fsp3) is 0.462. The summed E-state index contributed by atoms with van der Waals surface area (Å²) in [5.41, 5.74) is 12.8. The molecular formula is C13H19N3O2. The van der Waals surface area contributed by atoms with Gasteiger partial charge in [-0.2, -0.15) is 0 Å². The van der Waals surface area contributed by atoms with Gasteiger partial charge in [-0.05, 0) is 25.0 Å². The van der Waals surface area contributed by atoms with Crippen LogP contribution in [0.25, 0.3) is 0 Å². The molecule has 0 aliphatic carbocycles. The van der Waals surface area contributed by atoms with Crippen LogP contribution in [-0.4, -0.2) is 26.1 Å². The molecule has 0 radical (unpaired) electrons. The van der Waals surface area contributed by atoms with E-state index in [1.807, 2.05) is 18.2 Å². The second-order valence-electron chi connectivity index (χ2n) is 4.59. The lowest BCUT2D eigenvalue weighted by molar-refractivity contribution is -0.122. The number of anilines is 2. The van der Waals surface area contributed by atoms with Gasteiger partial charge in [0, 0.05) is 30.8 Å². The molecule has 0 spiro atoms. The van der Waals surface area contributed by atoms with E-state index in [9.17, 15) is 4.79 Å². The molecule has 1 aliphatic heterocycles. The van der Waals surface area contributed by atoms with E-state index in [1.165, 1.54) is 0 Å². The molecule has 1 aromatic carbocycles. The van der Waals surface area contributed by atoms with Crippen molar-refractivity contribution in [3.05, 3.63) is 18.2 Å². The number of nitrogens with zero attached hydrogens (tertiary/aromatic N) is 1. The first kappa shape index (κ1) is 12.5. The highest BCUT2D eigenvalue weighted by molar-refractivity contribution is 5.77. The largest absolute Gasteiger partial charge is 0.495 e. The van der Waals surface area contributed by atoms with Gasteiger partial charge < -0.3 is 21.1 Å². The molecule has 5 nitrogen and oxygen atoms in total. The fourth-order valence-corrected chi connectivity index (χ4v) is 2.32. The SMILES string of the molecule is COc1cc(N2CCC(C(N)=O)CC2)ccc1N. The summed E-state index contributed by atoms with van der Waals surface area (Å²) in [4.78, 5) is 13.3. The molecule has 2 rings (SSSR count). The van der Waals surface area contributed by atoms with Crippen molar-refractivity contribution in [3.8, 4) is 5.75 Å². The molecule has 1 saturated heterocycles. The number of ether oxygens (including phenoxy) is 1. The average molecular weight is 249 g/mol. The standard InChI is InChI=1S/C13H19N3O2/c1-18-12-8-10(2-3-11(12)14)16-6-4-9(5-7-16)13(15)17/h2-3,8-9H,4-7,14H2,1H3,(H2,15,17). The minimum atomic E-state index is -0.190. The molecule has 1 aromatic rings. The van der Waals surface area contributed by atoms with Crippen molar-refractivity contribution in [1.29, 1.82) is 0 Å². The van der Waals surface area contributed by atoms with E-state index in [4.69, 9.17) is 16.2 Å². The van der Waals surface area contributed by atoms with E-state index in [0.717, 1.165) is 31.6 Å². The number of hydrogen-bond donors (Lipinski definition) is 2. The highest BCUT2D eigenvalue weighted by Crippen LogP contribution is 2.29. The Bertz CT molecular complexity index is 440. The van der Waals surface area contributed by atoms with E-state index in [2.05, 4.69) is 4.90 Å². The third-order valence-corrected chi connectivity index (χ3v) is 3.48. The Labute approximate surface area is 107 Å². The smallest absolute Gasteiger partial charge is 0.220 e. The summed E-state index contributed by atoms with van der Waals surface area (Å²) in [5, 5.41) is 0. The topological polar surface area (TPSA) is 81.6 Å². The summed E-state index contributed by atoms with van der Waals surface area (Å²) in [6, 6.07) is 5.75. The van der Waals surface area contributed by atoms with Gasteiger partial charge in [-0.1, -0.05) is 0 Å². The van der Waals surface area contributed by atoms with Crippen molar-refractivity contribution in [1.82, 2.24) is 0 Å². The molecule has 0 bridgehead atoms. The summed E-state index contributed by atoms with van der Waals surface area (Å²) >= 11 is 0. The van der Waals surface area contributed by atoms with Gasteiger partial charge in [0.25, 0.3) is 0 Å². The predicted octanol–water partition coefficient (Wildman–Crippen LogP) is 0.979. The second-order valence-corrected chi connectivity index (χ2v) is 4.59. The molecule has 1 fully saturated rings. The molecule has 4 N–H and O–H groups in total. The zero-order chi connectivity index (χ0) is 13.1. The Morgan fingerprint density at radius 3 is 2.61 bits per heavy atom. The predicted molar refractivity (Wildman–Crippen MR) is 71.5 cm³/mol. The van der Waals surface area contributed by atoms with E-state index >= 15 is 0 Å². The molecule has 0 unspecified atom stereocenters. The lowest BCUT2D eigenvalue weighted by Gasteiger charge is -2.32. The van der Waals surface area contributed by atoms with Crippen LogP contribution < -0.4 is 21.1 Å². The summed E-state index contributed by atoms with van der Waals surface area (Å²) in [5.74, 6) is 0.506. The van der Waals surface area contributed by atoms with E-state index < -0.39 is 0 Å². The third kappa shape index (κ3) is 2.50. The summed E-state index contributed by atoms with van der Waals surface area (Å²) in [7, 11) is 1.61. The number of piperidine rings is 1. The molecule has 98 valence electrons. The van der Waals surface area contributed by atoms with Crippen LogP contribution in [0.2, 0.25) is 0 Å². The Hall–Kier alpha value is -1.91. The lowest BCUT2D eigenvalue weighted by atomic mass is 9.96. The van der Waals surface area contributed by atoms with Gasteiger partial charge in [0.2, 0.25) is 5.91 Å². The second kappa shape index (κ2) is 5.16. The number of rotatable bonds is 3. The van der Waals surface area contributed by atoms with Crippen LogP contribution in [0.4, 0.5) is 11.4 Å². The van der Waals surface area contributed by atoms with E-state index in [0.29, 0.717) is 11.4 Å². The van der Waals surface area contributed by atoms with Crippen molar-refractivity contribution in [2.24, 2.45) is 11.7 Å². The Kier molecular flexibility index (Phi) is 3.60. The Morgan fingerprint density at radius 1 is 1.39 bits per heavy atom. The number of nitrogens with two attached hydrogens (primary N) is 2. The molecule has 0 saturated carbocycles. The van der Waals surface area contributed by atoms with Crippen LogP contribution >= 0.6 is 0 Å². The molecule has 1 amide bonds. The van der Waals surface area contributed by atoms with Gasteiger partial charge in [0.15, 0.2) is 0 Å². The Morgan fingerprint density at radius 2 is 2.06 bits per heavy atom. The number of carbonyl (C=O) groups is 1. The number of nitrogen functional groups attached to an aromatic ring is 1. The quantitative estimate of drug-likeness (QED) is 0.782. The monoisotopic (exact) mass is 249 g/mol. The normalized spacial score (nSPS) is 16.6. The minimum absolute atomic E-state index is 0.0110. The maximum atomic E-state index is 11.1. The van der Waals surface area contributed by atoms with Crippen molar-refractivity contribution in [2.75, 3.05) is 30.8 Å². The first-order valence-corrected chi connectivity index (χ1v) is 6.09. The number of benzene rings is 1. The number of hydrogen-bond acceptors (Lipinski definition) is 4. The third-order valence-electron chi connectivity index (χ3n) is 3.48. The van der Waals surface area contributed by atoms with Crippen LogP contribution in [-0.2, 0) is 4.79 Å². The minimum Gasteiger partial charge on any atom is -0.495 e. The lowest BCUT2D eigenvalue weighted by Crippen LogP contribution is -2.38. The van der Waals surface area contributed by atoms with Gasteiger partial charge in [-0.15, -0.1) is 0 Å². The molecule has 0 atom stereocenters. The van der Waals surface area contributed by atoms with Gasteiger partial charge >= 0.3 is 0 Å². The summed E-state index contributed by atoms with van der Waals surface area (Å²) in [6.45, 7) is 1.67. The number of primary amides is 1. The van der Waals surface area contributed by atoms with Gasteiger partial charge in [0.05, 0.1) is 12.8 Å². The summed E-state index contributed by atoms with van der Waals surface area (Å²) < 4.78 is 5.21. The summed E-state index contributed by atoms with van der Waals surface area (Å²) in [6.07, 6.45) is 1.62. The first-order chi connectivity index (χ1) is 8.61. The molecule has 1 heterocycles. The average Bonchev–Trinajstić information content (AvgIpc) is 2.39.